The van der Waals surface area contributed by atoms with E-state index in [1.54, 1.807) is 13.8 Å². The average molecular weight is 217 g/mol. The van der Waals surface area contributed by atoms with Gasteiger partial charge in [0.15, 0.2) is 0 Å². The normalized spacial score (nSPS) is 11.4. The van der Waals surface area contributed by atoms with Gasteiger partial charge >= 0.3 is 0 Å². The Morgan fingerprint density at radius 3 is 2.36 bits per heavy atom. The van der Waals surface area contributed by atoms with E-state index in [2.05, 4.69) is 0 Å². The maximum absolute atomic E-state index is 11.4. The van der Waals surface area contributed by atoms with Crippen molar-refractivity contribution < 1.29 is 17.6 Å². The van der Waals surface area contributed by atoms with E-state index in [0.29, 0.717) is 11.3 Å². The fraction of sp³-hybridized carbons (Fsp3) is 0.375. The first kappa shape index (κ1) is 10.8. The first-order valence-corrected chi connectivity index (χ1v) is 5.77. The zero-order valence-corrected chi connectivity index (χ0v) is 8.94. The summed E-state index contributed by atoms with van der Waals surface area (Å²) in [5.41, 5.74) is 0.888. The van der Waals surface area contributed by atoms with E-state index in [9.17, 15) is 13.2 Å². The third-order valence-electron chi connectivity index (χ3n) is 1.66. The van der Waals surface area contributed by atoms with Crippen LogP contribution < -0.4 is 4.72 Å². The second-order valence-electron chi connectivity index (χ2n) is 3.05. The van der Waals surface area contributed by atoms with E-state index >= 15 is 0 Å². The van der Waals surface area contributed by atoms with Gasteiger partial charge in [0.2, 0.25) is 10.0 Å². The third kappa shape index (κ3) is 2.35. The molecular formula is C8H11NO4S. The number of aryl methyl sites for hydroxylation is 2. The zero-order chi connectivity index (χ0) is 10.9. The van der Waals surface area contributed by atoms with Crippen molar-refractivity contribution in [2.75, 3.05) is 6.26 Å². The number of carbonyl (C=O) groups excluding carboxylic acids is 1. The van der Waals surface area contributed by atoms with Gasteiger partial charge in [-0.15, -0.1) is 0 Å². The summed E-state index contributed by atoms with van der Waals surface area (Å²) in [6, 6.07) is 0. The molecule has 0 aliphatic carbocycles. The van der Waals surface area contributed by atoms with E-state index in [-0.39, 0.29) is 5.56 Å². The van der Waals surface area contributed by atoms with Crippen LogP contribution in [0.2, 0.25) is 0 Å². The lowest BCUT2D eigenvalue weighted by molar-refractivity contribution is 0.0979. The predicted molar refractivity (Wildman–Crippen MR) is 50.5 cm³/mol. The van der Waals surface area contributed by atoms with Crippen LogP contribution in [0.25, 0.3) is 0 Å². The van der Waals surface area contributed by atoms with Crippen LogP contribution >= 0.6 is 0 Å². The smallest absolute Gasteiger partial charge is 0.268 e. The van der Waals surface area contributed by atoms with Crippen molar-refractivity contribution in [3.8, 4) is 0 Å². The Kier molecular flexibility index (Phi) is 2.66. The lowest BCUT2D eigenvalue weighted by Crippen LogP contribution is -2.29. The fourth-order valence-electron chi connectivity index (χ4n) is 1.13. The van der Waals surface area contributed by atoms with Crippen molar-refractivity contribution in [3.63, 3.8) is 0 Å². The molecule has 0 spiro atoms. The molecule has 0 aromatic carbocycles. The van der Waals surface area contributed by atoms with Gasteiger partial charge in [-0.25, -0.2) is 13.1 Å². The number of hydrogen-bond donors (Lipinski definition) is 1. The minimum absolute atomic E-state index is 0.274. The van der Waals surface area contributed by atoms with Gasteiger partial charge in [0.05, 0.1) is 18.1 Å². The van der Waals surface area contributed by atoms with Crippen LogP contribution in [-0.2, 0) is 10.0 Å². The van der Waals surface area contributed by atoms with Crippen molar-refractivity contribution >= 4 is 15.9 Å². The first-order valence-electron chi connectivity index (χ1n) is 3.88. The van der Waals surface area contributed by atoms with Crippen LogP contribution in [-0.4, -0.2) is 20.6 Å². The second kappa shape index (κ2) is 3.45. The SMILES string of the molecule is Cc1coc(C)c1C(=O)NS(C)(=O)=O. The van der Waals surface area contributed by atoms with Crippen LogP contribution in [0, 0.1) is 13.8 Å². The summed E-state index contributed by atoms with van der Waals surface area (Å²) in [6.45, 7) is 3.28. The van der Waals surface area contributed by atoms with Crippen molar-refractivity contribution in [2.24, 2.45) is 0 Å². The molecule has 1 N–H and O–H groups in total. The highest BCUT2D eigenvalue weighted by Gasteiger charge is 2.18. The highest BCUT2D eigenvalue weighted by atomic mass is 32.2. The van der Waals surface area contributed by atoms with Crippen LogP contribution in [0.4, 0.5) is 0 Å². The second-order valence-corrected chi connectivity index (χ2v) is 4.80. The van der Waals surface area contributed by atoms with E-state index in [1.807, 2.05) is 4.72 Å². The number of furan rings is 1. The number of sulfonamides is 1. The number of rotatable bonds is 2. The van der Waals surface area contributed by atoms with E-state index in [0.717, 1.165) is 6.26 Å². The first-order chi connectivity index (χ1) is 6.31. The molecule has 1 rings (SSSR count). The molecule has 0 aliphatic heterocycles. The molecule has 0 radical (unpaired) electrons. The van der Waals surface area contributed by atoms with Gasteiger partial charge in [0.25, 0.3) is 5.91 Å². The van der Waals surface area contributed by atoms with Gasteiger partial charge < -0.3 is 4.42 Å². The maximum atomic E-state index is 11.4. The molecule has 0 unspecified atom stereocenters. The fourth-order valence-corrected chi connectivity index (χ4v) is 1.57. The molecule has 0 saturated carbocycles. The quantitative estimate of drug-likeness (QED) is 0.786. The minimum Gasteiger partial charge on any atom is -0.469 e. The highest BCUT2D eigenvalue weighted by Crippen LogP contribution is 2.15. The third-order valence-corrected chi connectivity index (χ3v) is 2.22. The Morgan fingerprint density at radius 2 is 2.00 bits per heavy atom. The van der Waals surface area contributed by atoms with Gasteiger partial charge in [-0.2, -0.15) is 0 Å². The van der Waals surface area contributed by atoms with Crippen LogP contribution in [0.1, 0.15) is 21.7 Å². The van der Waals surface area contributed by atoms with Crippen molar-refractivity contribution in [1.82, 2.24) is 4.72 Å². The lowest BCUT2D eigenvalue weighted by Gasteiger charge is -2.01. The van der Waals surface area contributed by atoms with Gasteiger partial charge in [0.1, 0.15) is 5.76 Å². The Balaban J connectivity index is 3.02. The molecule has 14 heavy (non-hydrogen) atoms. The van der Waals surface area contributed by atoms with Crippen LogP contribution in [0.5, 0.6) is 0 Å². The topological polar surface area (TPSA) is 76.4 Å². The van der Waals surface area contributed by atoms with Crippen molar-refractivity contribution in [1.29, 1.82) is 0 Å². The summed E-state index contributed by atoms with van der Waals surface area (Å²) in [6.07, 6.45) is 2.34. The molecule has 5 nitrogen and oxygen atoms in total. The Bertz CT molecular complexity index is 438. The number of nitrogens with one attached hydrogen (secondary N) is 1. The minimum atomic E-state index is -3.52. The Hall–Kier alpha value is -1.30. The predicted octanol–water partition coefficient (Wildman–Crippen LogP) is 0.586. The molecule has 1 heterocycles. The molecule has 1 aromatic heterocycles. The molecule has 6 heteroatoms. The number of carbonyl (C=O) groups is 1. The van der Waals surface area contributed by atoms with E-state index < -0.39 is 15.9 Å². The van der Waals surface area contributed by atoms with Crippen LogP contribution in [0.15, 0.2) is 10.7 Å². The summed E-state index contributed by atoms with van der Waals surface area (Å²) in [5, 5.41) is 0. The van der Waals surface area contributed by atoms with E-state index in [1.165, 1.54) is 6.26 Å². The summed E-state index contributed by atoms with van der Waals surface area (Å²) >= 11 is 0. The molecule has 0 atom stereocenters. The van der Waals surface area contributed by atoms with Gasteiger partial charge in [-0.3, -0.25) is 4.79 Å². The van der Waals surface area contributed by atoms with Gasteiger partial charge in [-0.1, -0.05) is 0 Å². The zero-order valence-electron chi connectivity index (χ0n) is 8.12. The number of amides is 1. The van der Waals surface area contributed by atoms with Gasteiger partial charge in [0, 0.05) is 5.56 Å². The molecule has 0 saturated heterocycles. The van der Waals surface area contributed by atoms with E-state index in [4.69, 9.17) is 4.42 Å². The monoisotopic (exact) mass is 217 g/mol. The van der Waals surface area contributed by atoms with Crippen molar-refractivity contribution in [3.05, 3.63) is 23.2 Å². The lowest BCUT2D eigenvalue weighted by atomic mass is 10.2. The molecule has 0 bridgehead atoms. The molecule has 78 valence electrons. The summed E-state index contributed by atoms with van der Waals surface area (Å²) in [7, 11) is -3.52. The molecule has 0 fully saturated rings. The molecule has 1 aromatic rings. The summed E-state index contributed by atoms with van der Waals surface area (Å²) in [5.74, 6) is -0.250. The average Bonchev–Trinajstić information content (AvgIpc) is 2.27. The summed E-state index contributed by atoms with van der Waals surface area (Å²) < 4.78 is 28.4. The standard InChI is InChI=1S/C8H11NO4S/c1-5-4-13-6(2)7(5)8(10)9-14(3,11)12/h4H,1-3H3,(H,9,10). The molecule has 0 aliphatic rings. The maximum Gasteiger partial charge on any atom is 0.268 e. The van der Waals surface area contributed by atoms with Gasteiger partial charge in [-0.05, 0) is 13.8 Å². The Morgan fingerprint density at radius 1 is 1.43 bits per heavy atom. The molecular weight excluding hydrogens is 206 g/mol. The van der Waals surface area contributed by atoms with Crippen LogP contribution in [0.3, 0.4) is 0 Å². The highest BCUT2D eigenvalue weighted by molar-refractivity contribution is 7.89. The number of hydrogen-bond acceptors (Lipinski definition) is 4. The summed E-state index contributed by atoms with van der Waals surface area (Å²) in [4.78, 5) is 11.4. The Labute approximate surface area is 82.2 Å². The van der Waals surface area contributed by atoms with Crippen molar-refractivity contribution in [2.45, 2.75) is 13.8 Å². The molecule has 1 amide bonds. The largest absolute Gasteiger partial charge is 0.469 e.